The molecule has 2 aromatic rings. The van der Waals surface area contributed by atoms with Crippen molar-refractivity contribution >= 4 is 38.9 Å². The summed E-state index contributed by atoms with van der Waals surface area (Å²) in [5.41, 5.74) is 0. The standard InChI is InChI=1S/C13H14ClFN2OS/c1-17(2)6-5-16-13(18)12-11(14)9-4-3-8(15)7-10(9)19-12/h3-4,7H,5-6H2,1-2H3,(H,16,18). The minimum atomic E-state index is -0.329. The molecule has 6 heteroatoms. The van der Waals surface area contributed by atoms with Crippen molar-refractivity contribution in [1.29, 1.82) is 0 Å². The predicted molar refractivity (Wildman–Crippen MR) is 77.7 cm³/mol. The summed E-state index contributed by atoms with van der Waals surface area (Å²) >= 11 is 7.37. The van der Waals surface area contributed by atoms with Gasteiger partial charge in [0.2, 0.25) is 0 Å². The lowest BCUT2D eigenvalue weighted by Crippen LogP contribution is -2.30. The van der Waals surface area contributed by atoms with E-state index < -0.39 is 0 Å². The molecule has 0 unspecified atom stereocenters. The zero-order chi connectivity index (χ0) is 14.0. The lowest BCUT2D eigenvalue weighted by atomic mass is 10.2. The summed E-state index contributed by atoms with van der Waals surface area (Å²) in [5, 5.41) is 3.90. The third-order valence-electron chi connectivity index (χ3n) is 2.64. The summed E-state index contributed by atoms with van der Waals surface area (Å²) in [6.07, 6.45) is 0. The van der Waals surface area contributed by atoms with Crippen LogP contribution in [0, 0.1) is 5.82 Å². The van der Waals surface area contributed by atoms with Crippen LogP contribution in [0.1, 0.15) is 9.67 Å². The molecule has 0 bridgehead atoms. The highest BCUT2D eigenvalue weighted by Gasteiger charge is 2.17. The van der Waals surface area contributed by atoms with Crippen molar-refractivity contribution in [2.24, 2.45) is 0 Å². The summed E-state index contributed by atoms with van der Waals surface area (Å²) in [6.45, 7) is 1.30. The van der Waals surface area contributed by atoms with Gasteiger partial charge in [0.1, 0.15) is 10.7 Å². The maximum atomic E-state index is 13.1. The van der Waals surface area contributed by atoms with Gasteiger partial charge in [-0.3, -0.25) is 4.79 Å². The van der Waals surface area contributed by atoms with Gasteiger partial charge in [0.25, 0.3) is 5.91 Å². The van der Waals surface area contributed by atoms with Crippen LogP contribution in [0.2, 0.25) is 5.02 Å². The number of carbonyl (C=O) groups excluding carboxylic acids is 1. The third kappa shape index (κ3) is 3.23. The van der Waals surface area contributed by atoms with E-state index in [0.29, 0.717) is 26.5 Å². The molecule has 0 aliphatic heterocycles. The zero-order valence-electron chi connectivity index (χ0n) is 10.7. The Kier molecular flexibility index (Phi) is 4.39. The normalized spacial score (nSPS) is 11.2. The van der Waals surface area contributed by atoms with E-state index >= 15 is 0 Å². The van der Waals surface area contributed by atoms with Gasteiger partial charge >= 0.3 is 0 Å². The van der Waals surface area contributed by atoms with E-state index in [1.165, 1.54) is 23.5 Å². The quantitative estimate of drug-likeness (QED) is 0.941. The van der Waals surface area contributed by atoms with E-state index in [4.69, 9.17) is 11.6 Å². The van der Waals surface area contributed by atoms with Crippen LogP contribution in [0.25, 0.3) is 10.1 Å². The third-order valence-corrected chi connectivity index (χ3v) is 4.30. The van der Waals surface area contributed by atoms with Gasteiger partial charge in [-0.1, -0.05) is 11.6 Å². The van der Waals surface area contributed by atoms with E-state index in [1.807, 2.05) is 19.0 Å². The molecule has 0 saturated carbocycles. The number of halogens is 2. The van der Waals surface area contributed by atoms with Crippen molar-refractivity contribution in [2.45, 2.75) is 0 Å². The van der Waals surface area contributed by atoms with Gasteiger partial charge < -0.3 is 10.2 Å². The summed E-state index contributed by atoms with van der Waals surface area (Å²) in [6, 6.07) is 4.33. The van der Waals surface area contributed by atoms with Crippen LogP contribution in [0.4, 0.5) is 4.39 Å². The van der Waals surface area contributed by atoms with Crippen molar-refractivity contribution in [3.63, 3.8) is 0 Å². The van der Waals surface area contributed by atoms with Crippen molar-refractivity contribution in [3.05, 3.63) is 33.9 Å². The summed E-state index contributed by atoms with van der Waals surface area (Å²) < 4.78 is 13.8. The Morgan fingerprint density at radius 2 is 2.21 bits per heavy atom. The number of benzene rings is 1. The Labute approximate surface area is 120 Å². The second-order valence-electron chi connectivity index (χ2n) is 4.44. The summed E-state index contributed by atoms with van der Waals surface area (Å²) in [4.78, 5) is 14.4. The molecule has 3 nitrogen and oxygen atoms in total. The van der Waals surface area contributed by atoms with E-state index in [0.717, 1.165) is 6.54 Å². The highest BCUT2D eigenvalue weighted by Crippen LogP contribution is 2.35. The number of carbonyl (C=O) groups is 1. The summed E-state index contributed by atoms with van der Waals surface area (Å²) in [7, 11) is 3.86. The number of nitrogens with one attached hydrogen (secondary N) is 1. The van der Waals surface area contributed by atoms with Gasteiger partial charge in [-0.15, -0.1) is 11.3 Å². The van der Waals surface area contributed by atoms with Crippen LogP contribution < -0.4 is 5.32 Å². The van der Waals surface area contributed by atoms with Crippen LogP contribution in [-0.2, 0) is 0 Å². The second kappa shape index (κ2) is 5.86. The number of nitrogens with zero attached hydrogens (tertiary/aromatic N) is 1. The molecule has 0 fully saturated rings. The monoisotopic (exact) mass is 300 g/mol. The minimum Gasteiger partial charge on any atom is -0.350 e. The number of amides is 1. The molecule has 19 heavy (non-hydrogen) atoms. The molecule has 0 aliphatic rings. The van der Waals surface area contributed by atoms with Gasteiger partial charge in [-0.05, 0) is 32.3 Å². The Balaban J connectivity index is 2.20. The van der Waals surface area contributed by atoms with Crippen LogP contribution >= 0.6 is 22.9 Å². The van der Waals surface area contributed by atoms with Crippen LogP contribution in [0.3, 0.4) is 0 Å². The van der Waals surface area contributed by atoms with Crippen molar-refractivity contribution in [1.82, 2.24) is 10.2 Å². The first-order valence-corrected chi connectivity index (χ1v) is 6.99. The van der Waals surface area contributed by atoms with E-state index in [-0.39, 0.29) is 11.7 Å². The van der Waals surface area contributed by atoms with Gasteiger partial charge in [0, 0.05) is 23.2 Å². The SMILES string of the molecule is CN(C)CCNC(=O)c1sc2cc(F)ccc2c1Cl. The largest absolute Gasteiger partial charge is 0.350 e. The van der Waals surface area contributed by atoms with E-state index in [2.05, 4.69) is 5.32 Å². The fourth-order valence-corrected chi connectivity index (χ4v) is 3.12. The van der Waals surface area contributed by atoms with Gasteiger partial charge in [0.15, 0.2) is 0 Å². The molecule has 1 aromatic carbocycles. The minimum absolute atomic E-state index is 0.214. The number of rotatable bonds is 4. The molecule has 0 spiro atoms. The maximum Gasteiger partial charge on any atom is 0.262 e. The van der Waals surface area contributed by atoms with Gasteiger partial charge in [0.05, 0.1) is 5.02 Å². The van der Waals surface area contributed by atoms with Crippen LogP contribution in [-0.4, -0.2) is 38.0 Å². The Morgan fingerprint density at radius 1 is 1.47 bits per heavy atom. The first kappa shape index (κ1) is 14.2. The maximum absolute atomic E-state index is 13.1. The zero-order valence-corrected chi connectivity index (χ0v) is 12.2. The van der Waals surface area contributed by atoms with Crippen molar-refractivity contribution in [2.75, 3.05) is 27.2 Å². The molecule has 2 rings (SSSR count). The Bertz CT molecular complexity index is 612. The molecule has 0 radical (unpaired) electrons. The molecule has 1 N–H and O–H groups in total. The molecular weight excluding hydrogens is 287 g/mol. The van der Waals surface area contributed by atoms with Gasteiger partial charge in [-0.25, -0.2) is 4.39 Å². The molecule has 1 aromatic heterocycles. The number of fused-ring (bicyclic) bond motifs is 1. The average Bonchev–Trinajstić information content (AvgIpc) is 2.65. The first-order valence-electron chi connectivity index (χ1n) is 5.79. The van der Waals surface area contributed by atoms with Crippen molar-refractivity contribution in [3.8, 4) is 0 Å². The lowest BCUT2D eigenvalue weighted by Gasteiger charge is -2.09. The Hall–Kier alpha value is -1.17. The van der Waals surface area contributed by atoms with E-state index in [9.17, 15) is 9.18 Å². The number of hydrogen-bond acceptors (Lipinski definition) is 3. The highest BCUT2D eigenvalue weighted by molar-refractivity contribution is 7.21. The smallest absolute Gasteiger partial charge is 0.262 e. The van der Waals surface area contributed by atoms with Gasteiger partial charge in [-0.2, -0.15) is 0 Å². The topological polar surface area (TPSA) is 32.3 Å². The first-order chi connectivity index (χ1) is 8.99. The molecule has 102 valence electrons. The molecular formula is C13H14ClFN2OS. The molecule has 0 saturated heterocycles. The summed E-state index contributed by atoms with van der Waals surface area (Å²) in [5.74, 6) is -0.543. The second-order valence-corrected chi connectivity index (χ2v) is 5.87. The van der Waals surface area contributed by atoms with E-state index in [1.54, 1.807) is 6.07 Å². The lowest BCUT2D eigenvalue weighted by molar-refractivity contribution is 0.0955. The fraction of sp³-hybridized carbons (Fsp3) is 0.308. The predicted octanol–water partition coefficient (Wildman–Crippen LogP) is 2.99. The van der Waals surface area contributed by atoms with Crippen LogP contribution in [0.5, 0.6) is 0 Å². The van der Waals surface area contributed by atoms with Crippen LogP contribution in [0.15, 0.2) is 18.2 Å². The highest BCUT2D eigenvalue weighted by atomic mass is 35.5. The number of hydrogen-bond donors (Lipinski definition) is 1. The Morgan fingerprint density at radius 3 is 2.89 bits per heavy atom. The fourth-order valence-electron chi connectivity index (χ4n) is 1.66. The average molecular weight is 301 g/mol. The molecule has 0 atom stereocenters. The van der Waals surface area contributed by atoms with Crippen molar-refractivity contribution < 1.29 is 9.18 Å². The molecule has 0 aliphatic carbocycles. The molecule has 1 amide bonds. The number of likely N-dealkylation sites (N-methyl/N-ethyl adjacent to an activating group) is 1. The molecule has 1 heterocycles. The number of thiophene rings is 1.